The Kier molecular flexibility index (Phi) is 3.06. The lowest BCUT2D eigenvalue weighted by Crippen LogP contribution is -2.01. The zero-order valence-corrected chi connectivity index (χ0v) is 10.2. The van der Waals surface area contributed by atoms with E-state index in [4.69, 9.17) is 5.11 Å². The van der Waals surface area contributed by atoms with Gasteiger partial charge in [0.2, 0.25) is 0 Å². The van der Waals surface area contributed by atoms with E-state index in [1.165, 1.54) is 0 Å². The Balaban J connectivity index is 2.33. The maximum absolute atomic E-state index is 11.1. The molecular formula is C11H11N3O2S. The Morgan fingerprint density at radius 2 is 2.18 bits per heavy atom. The average Bonchev–Trinajstić information content (AvgIpc) is 2.59. The van der Waals surface area contributed by atoms with Gasteiger partial charge < -0.3 is 10.4 Å². The Morgan fingerprint density at radius 1 is 1.41 bits per heavy atom. The zero-order chi connectivity index (χ0) is 12.4. The van der Waals surface area contributed by atoms with Crippen molar-refractivity contribution in [3.63, 3.8) is 0 Å². The molecule has 2 aromatic rings. The maximum atomic E-state index is 11.1. The molecule has 0 radical (unpaired) electrons. The lowest BCUT2D eigenvalue weighted by atomic mass is 10.2. The number of hydrogen-bond acceptors (Lipinski definition) is 5. The molecule has 0 aliphatic carbocycles. The van der Waals surface area contributed by atoms with Crippen LogP contribution in [0.25, 0.3) is 0 Å². The average molecular weight is 249 g/mol. The normalized spacial score (nSPS) is 10.2. The second-order valence-electron chi connectivity index (χ2n) is 3.65. The van der Waals surface area contributed by atoms with E-state index < -0.39 is 5.97 Å². The molecule has 0 aliphatic rings. The predicted molar refractivity (Wildman–Crippen MR) is 66.1 cm³/mol. The molecule has 0 fully saturated rings. The SMILES string of the molecule is Cc1cncc(Nc2snc(C)c2C(=O)O)c1. The molecule has 0 saturated carbocycles. The van der Waals surface area contributed by atoms with Gasteiger partial charge in [-0.05, 0) is 37.0 Å². The number of nitrogens with one attached hydrogen (secondary N) is 1. The molecule has 0 spiro atoms. The third-order valence-electron chi connectivity index (χ3n) is 2.21. The molecule has 0 aliphatic heterocycles. The van der Waals surface area contributed by atoms with Crippen molar-refractivity contribution in [2.24, 2.45) is 0 Å². The molecule has 2 rings (SSSR count). The lowest BCUT2D eigenvalue weighted by molar-refractivity contribution is 0.0697. The van der Waals surface area contributed by atoms with Crippen molar-refractivity contribution in [3.8, 4) is 0 Å². The van der Waals surface area contributed by atoms with Crippen molar-refractivity contribution in [1.82, 2.24) is 9.36 Å². The van der Waals surface area contributed by atoms with Gasteiger partial charge in [-0.15, -0.1) is 0 Å². The van der Waals surface area contributed by atoms with Gasteiger partial charge in [-0.3, -0.25) is 4.98 Å². The van der Waals surface area contributed by atoms with E-state index >= 15 is 0 Å². The minimum atomic E-state index is -0.973. The monoisotopic (exact) mass is 249 g/mol. The van der Waals surface area contributed by atoms with Gasteiger partial charge in [0.15, 0.2) is 0 Å². The highest BCUT2D eigenvalue weighted by Gasteiger charge is 2.17. The molecule has 0 amide bonds. The highest BCUT2D eigenvalue weighted by atomic mass is 32.1. The van der Waals surface area contributed by atoms with Crippen LogP contribution in [0.15, 0.2) is 18.5 Å². The highest BCUT2D eigenvalue weighted by Crippen LogP contribution is 2.27. The van der Waals surface area contributed by atoms with Crippen LogP contribution in [-0.2, 0) is 0 Å². The minimum absolute atomic E-state index is 0.219. The summed E-state index contributed by atoms with van der Waals surface area (Å²) in [6.45, 7) is 3.60. The largest absolute Gasteiger partial charge is 0.478 e. The number of pyridine rings is 1. The van der Waals surface area contributed by atoms with Crippen molar-refractivity contribution in [2.45, 2.75) is 13.8 Å². The number of hydrogen-bond donors (Lipinski definition) is 2. The highest BCUT2D eigenvalue weighted by molar-refractivity contribution is 7.10. The molecule has 5 nitrogen and oxygen atoms in total. The number of anilines is 2. The summed E-state index contributed by atoms with van der Waals surface area (Å²) in [4.78, 5) is 15.1. The van der Waals surface area contributed by atoms with Crippen molar-refractivity contribution in [2.75, 3.05) is 5.32 Å². The molecule has 17 heavy (non-hydrogen) atoms. The van der Waals surface area contributed by atoms with Crippen molar-refractivity contribution < 1.29 is 9.90 Å². The standard InChI is InChI=1S/C11H11N3O2S/c1-6-3-8(5-12-4-6)13-10-9(11(15)16)7(2)14-17-10/h3-5,13H,1-2H3,(H,15,16). The first kappa shape index (κ1) is 11.5. The summed E-state index contributed by atoms with van der Waals surface area (Å²) in [6, 6.07) is 1.90. The second kappa shape index (κ2) is 4.50. The van der Waals surface area contributed by atoms with Crippen LogP contribution >= 0.6 is 11.5 Å². The van der Waals surface area contributed by atoms with Gasteiger partial charge in [-0.1, -0.05) is 0 Å². The first-order valence-electron chi connectivity index (χ1n) is 4.96. The first-order chi connectivity index (χ1) is 8.08. The van der Waals surface area contributed by atoms with Crippen LogP contribution in [0.5, 0.6) is 0 Å². The topological polar surface area (TPSA) is 75.1 Å². The van der Waals surface area contributed by atoms with Crippen LogP contribution in [0.4, 0.5) is 10.7 Å². The van der Waals surface area contributed by atoms with Crippen LogP contribution in [0, 0.1) is 13.8 Å². The molecule has 2 heterocycles. The molecule has 0 aromatic carbocycles. The number of carboxylic acid groups (broad SMARTS) is 1. The number of aromatic nitrogens is 2. The summed E-state index contributed by atoms with van der Waals surface area (Å²) in [5.74, 6) is -0.973. The minimum Gasteiger partial charge on any atom is -0.478 e. The van der Waals surface area contributed by atoms with E-state index in [2.05, 4.69) is 14.7 Å². The molecule has 0 atom stereocenters. The van der Waals surface area contributed by atoms with Crippen LogP contribution in [-0.4, -0.2) is 20.4 Å². The third-order valence-corrected chi connectivity index (χ3v) is 3.06. The van der Waals surface area contributed by atoms with Gasteiger partial charge in [-0.2, -0.15) is 4.37 Å². The molecule has 88 valence electrons. The van der Waals surface area contributed by atoms with Gasteiger partial charge in [0.25, 0.3) is 0 Å². The van der Waals surface area contributed by atoms with E-state index in [1.807, 2.05) is 13.0 Å². The summed E-state index contributed by atoms with van der Waals surface area (Å²) in [7, 11) is 0. The van der Waals surface area contributed by atoms with Crippen LogP contribution in [0.2, 0.25) is 0 Å². The van der Waals surface area contributed by atoms with E-state index in [-0.39, 0.29) is 5.56 Å². The summed E-state index contributed by atoms with van der Waals surface area (Å²) in [5.41, 5.74) is 2.51. The van der Waals surface area contributed by atoms with Crippen molar-refractivity contribution >= 4 is 28.2 Å². The summed E-state index contributed by atoms with van der Waals surface area (Å²) in [6.07, 6.45) is 3.38. The van der Waals surface area contributed by atoms with Crippen LogP contribution < -0.4 is 5.32 Å². The summed E-state index contributed by atoms with van der Waals surface area (Å²) in [5, 5.41) is 12.6. The molecule has 2 aromatic heterocycles. The number of aromatic carboxylic acids is 1. The summed E-state index contributed by atoms with van der Waals surface area (Å²) >= 11 is 1.14. The van der Waals surface area contributed by atoms with E-state index in [0.717, 1.165) is 22.8 Å². The van der Waals surface area contributed by atoms with Crippen LogP contribution in [0.3, 0.4) is 0 Å². The van der Waals surface area contributed by atoms with Gasteiger partial charge >= 0.3 is 5.97 Å². The Bertz CT molecular complexity index is 566. The Hall–Kier alpha value is -1.95. The third kappa shape index (κ3) is 2.42. The molecule has 0 unspecified atom stereocenters. The van der Waals surface area contributed by atoms with Crippen molar-refractivity contribution in [1.29, 1.82) is 0 Å². The fraction of sp³-hybridized carbons (Fsp3) is 0.182. The van der Waals surface area contributed by atoms with E-state index in [9.17, 15) is 4.79 Å². The van der Waals surface area contributed by atoms with Gasteiger partial charge in [0.05, 0.1) is 17.6 Å². The number of rotatable bonds is 3. The Morgan fingerprint density at radius 3 is 2.82 bits per heavy atom. The predicted octanol–water partition coefficient (Wildman–Crippen LogP) is 2.60. The number of carbonyl (C=O) groups is 1. The van der Waals surface area contributed by atoms with E-state index in [0.29, 0.717) is 10.7 Å². The number of carboxylic acids is 1. The quantitative estimate of drug-likeness (QED) is 0.874. The Labute approximate surface area is 102 Å². The fourth-order valence-corrected chi connectivity index (χ4v) is 2.27. The molecule has 6 heteroatoms. The number of aryl methyl sites for hydroxylation is 2. The first-order valence-corrected chi connectivity index (χ1v) is 5.73. The van der Waals surface area contributed by atoms with Gasteiger partial charge in [-0.25, -0.2) is 4.79 Å². The van der Waals surface area contributed by atoms with E-state index in [1.54, 1.807) is 19.3 Å². The van der Waals surface area contributed by atoms with Gasteiger partial charge in [0.1, 0.15) is 10.6 Å². The van der Waals surface area contributed by atoms with Crippen LogP contribution in [0.1, 0.15) is 21.6 Å². The fourth-order valence-electron chi connectivity index (χ4n) is 1.46. The second-order valence-corrected chi connectivity index (χ2v) is 4.43. The number of nitrogens with zero attached hydrogens (tertiary/aromatic N) is 2. The maximum Gasteiger partial charge on any atom is 0.340 e. The lowest BCUT2D eigenvalue weighted by Gasteiger charge is -2.04. The molecule has 0 bridgehead atoms. The van der Waals surface area contributed by atoms with Crippen molar-refractivity contribution in [3.05, 3.63) is 35.3 Å². The van der Waals surface area contributed by atoms with Gasteiger partial charge in [0, 0.05) is 6.20 Å². The molecule has 2 N–H and O–H groups in total. The zero-order valence-electron chi connectivity index (χ0n) is 9.39. The smallest absolute Gasteiger partial charge is 0.340 e. The molecular weight excluding hydrogens is 238 g/mol. The summed E-state index contributed by atoms with van der Waals surface area (Å²) < 4.78 is 4.03. The molecule has 0 saturated heterocycles.